The van der Waals surface area contributed by atoms with Gasteiger partial charge in [0, 0.05) is 17.0 Å². The zero-order valence-corrected chi connectivity index (χ0v) is 10.9. The van der Waals surface area contributed by atoms with E-state index in [1.807, 2.05) is 0 Å². The number of aromatic nitrogens is 1. The van der Waals surface area contributed by atoms with Crippen LogP contribution in [0, 0.1) is 5.82 Å². The SMILES string of the molecule is CC(C)(C)c1nc(Br)cc(F)c1C1CC1. The van der Waals surface area contributed by atoms with Crippen molar-refractivity contribution in [1.82, 2.24) is 4.98 Å². The average molecular weight is 272 g/mol. The Balaban J connectivity index is 2.59. The molecule has 15 heavy (non-hydrogen) atoms. The van der Waals surface area contributed by atoms with Gasteiger partial charge in [0.05, 0.1) is 5.69 Å². The summed E-state index contributed by atoms with van der Waals surface area (Å²) in [5, 5.41) is 0. The van der Waals surface area contributed by atoms with Gasteiger partial charge >= 0.3 is 0 Å². The van der Waals surface area contributed by atoms with Gasteiger partial charge in [0.25, 0.3) is 0 Å². The van der Waals surface area contributed by atoms with Crippen molar-refractivity contribution in [2.24, 2.45) is 0 Å². The molecule has 0 bridgehead atoms. The summed E-state index contributed by atoms with van der Waals surface area (Å²) in [6.45, 7) is 6.23. The summed E-state index contributed by atoms with van der Waals surface area (Å²) >= 11 is 3.26. The van der Waals surface area contributed by atoms with Crippen molar-refractivity contribution in [3.05, 3.63) is 27.7 Å². The van der Waals surface area contributed by atoms with Gasteiger partial charge in [-0.1, -0.05) is 20.8 Å². The monoisotopic (exact) mass is 271 g/mol. The topological polar surface area (TPSA) is 12.9 Å². The Hall–Kier alpha value is -0.440. The van der Waals surface area contributed by atoms with Crippen molar-refractivity contribution in [3.8, 4) is 0 Å². The van der Waals surface area contributed by atoms with Crippen LogP contribution in [0.2, 0.25) is 0 Å². The van der Waals surface area contributed by atoms with Crippen LogP contribution in [0.15, 0.2) is 10.7 Å². The normalized spacial score (nSPS) is 16.9. The first-order valence-corrected chi connectivity index (χ1v) is 6.05. The first-order valence-electron chi connectivity index (χ1n) is 5.26. The lowest BCUT2D eigenvalue weighted by atomic mass is 9.87. The van der Waals surface area contributed by atoms with Crippen LogP contribution in [0.1, 0.15) is 50.8 Å². The minimum atomic E-state index is -0.107. The Kier molecular flexibility index (Phi) is 2.61. The van der Waals surface area contributed by atoms with Gasteiger partial charge in [0.15, 0.2) is 0 Å². The minimum Gasteiger partial charge on any atom is -0.245 e. The fourth-order valence-electron chi connectivity index (χ4n) is 1.83. The maximum atomic E-state index is 13.9. The molecule has 0 radical (unpaired) electrons. The van der Waals surface area contributed by atoms with Gasteiger partial charge in [-0.2, -0.15) is 0 Å². The third-order valence-corrected chi connectivity index (χ3v) is 3.08. The molecule has 2 rings (SSSR count). The zero-order valence-electron chi connectivity index (χ0n) is 9.27. The van der Waals surface area contributed by atoms with Crippen molar-refractivity contribution in [2.45, 2.75) is 44.9 Å². The number of rotatable bonds is 1. The molecule has 1 saturated carbocycles. The molecule has 1 nitrogen and oxygen atoms in total. The van der Waals surface area contributed by atoms with Crippen LogP contribution in [0.4, 0.5) is 4.39 Å². The Labute approximate surface area is 98.2 Å². The van der Waals surface area contributed by atoms with Crippen molar-refractivity contribution >= 4 is 15.9 Å². The molecule has 0 atom stereocenters. The molecule has 0 aliphatic heterocycles. The Bertz CT molecular complexity index is 391. The molecule has 1 aliphatic rings. The first-order chi connectivity index (χ1) is 6.89. The second-order valence-corrected chi connectivity index (χ2v) is 6.03. The lowest BCUT2D eigenvalue weighted by molar-refractivity contribution is 0.533. The molecule has 0 unspecified atom stereocenters. The number of nitrogens with zero attached hydrogens (tertiary/aromatic N) is 1. The Morgan fingerprint density at radius 1 is 1.40 bits per heavy atom. The second-order valence-electron chi connectivity index (χ2n) is 5.21. The van der Waals surface area contributed by atoms with Crippen molar-refractivity contribution in [2.75, 3.05) is 0 Å². The van der Waals surface area contributed by atoms with Gasteiger partial charge in [-0.15, -0.1) is 0 Å². The smallest absolute Gasteiger partial charge is 0.131 e. The van der Waals surface area contributed by atoms with E-state index in [0.29, 0.717) is 10.5 Å². The standard InChI is InChI=1S/C12H15BrFN/c1-12(2,3)11-10(7-4-5-7)8(14)6-9(13)15-11/h6-7H,4-5H2,1-3H3. The van der Waals surface area contributed by atoms with E-state index < -0.39 is 0 Å². The van der Waals surface area contributed by atoms with E-state index >= 15 is 0 Å². The molecule has 1 aromatic heterocycles. The maximum absolute atomic E-state index is 13.9. The van der Waals surface area contributed by atoms with Gasteiger partial charge in [-0.3, -0.25) is 0 Å². The van der Waals surface area contributed by atoms with Crippen LogP contribution >= 0.6 is 15.9 Å². The molecule has 82 valence electrons. The van der Waals surface area contributed by atoms with Crippen molar-refractivity contribution < 1.29 is 4.39 Å². The predicted octanol–water partition coefficient (Wildman–Crippen LogP) is 4.16. The van der Waals surface area contributed by atoms with E-state index in [9.17, 15) is 4.39 Å². The average Bonchev–Trinajstić information content (AvgIpc) is 2.84. The molecule has 1 aliphatic carbocycles. The third-order valence-electron chi connectivity index (χ3n) is 2.67. The summed E-state index contributed by atoms with van der Waals surface area (Å²) in [6, 6.07) is 1.48. The van der Waals surface area contributed by atoms with Crippen LogP contribution in [0.25, 0.3) is 0 Å². The van der Waals surface area contributed by atoms with E-state index in [1.54, 1.807) is 0 Å². The van der Waals surface area contributed by atoms with E-state index in [1.165, 1.54) is 6.07 Å². The van der Waals surface area contributed by atoms with Crippen LogP contribution in [-0.2, 0) is 5.41 Å². The summed E-state index contributed by atoms with van der Waals surface area (Å²) in [4.78, 5) is 4.44. The fraction of sp³-hybridized carbons (Fsp3) is 0.583. The summed E-state index contributed by atoms with van der Waals surface area (Å²) in [5.41, 5.74) is 1.64. The van der Waals surface area contributed by atoms with Crippen LogP contribution in [-0.4, -0.2) is 4.98 Å². The fourth-order valence-corrected chi connectivity index (χ4v) is 2.21. The number of halogens is 2. The minimum absolute atomic E-state index is 0.0947. The summed E-state index contributed by atoms with van der Waals surface area (Å²) in [5.74, 6) is 0.295. The second kappa shape index (κ2) is 3.55. The molecule has 1 aromatic rings. The van der Waals surface area contributed by atoms with E-state index in [4.69, 9.17) is 0 Å². The van der Waals surface area contributed by atoms with Crippen LogP contribution in [0.3, 0.4) is 0 Å². The highest BCUT2D eigenvalue weighted by atomic mass is 79.9. The van der Waals surface area contributed by atoms with E-state index in [-0.39, 0.29) is 11.2 Å². The quantitative estimate of drug-likeness (QED) is 0.699. The molecule has 0 saturated heterocycles. The molecule has 0 aromatic carbocycles. The summed E-state index contributed by atoms with van der Waals surface area (Å²) < 4.78 is 14.5. The molecule has 0 spiro atoms. The summed E-state index contributed by atoms with van der Waals surface area (Å²) in [6.07, 6.45) is 2.20. The molecular weight excluding hydrogens is 257 g/mol. The van der Waals surface area contributed by atoms with Gasteiger partial charge in [-0.25, -0.2) is 9.37 Å². The molecule has 0 amide bonds. The molecule has 0 N–H and O–H groups in total. The number of hydrogen-bond acceptors (Lipinski definition) is 1. The molecule has 3 heteroatoms. The highest BCUT2D eigenvalue weighted by Crippen LogP contribution is 2.45. The number of hydrogen-bond donors (Lipinski definition) is 0. The van der Waals surface area contributed by atoms with Gasteiger partial charge in [-0.05, 0) is 34.7 Å². The van der Waals surface area contributed by atoms with Gasteiger partial charge < -0.3 is 0 Å². The highest BCUT2D eigenvalue weighted by Gasteiger charge is 2.33. The first kappa shape index (κ1) is 11.1. The molecule has 1 heterocycles. The highest BCUT2D eigenvalue weighted by molar-refractivity contribution is 9.10. The van der Waals surface area contributed by atoms with Gasteiger partial charge in [0.2, 0.25) is 0 Å². The van der Waals surface area contributed by atoms with Crippen molar-refractivity contribution in [1.29, 1.82) is 0 Å². The van der Waals surface area contributed by atoms with Gasteiger partial charge in [0.1, 0.15) is 10.4 Å². The Morgan fingerprint density at radius 3 is 2.47 bits per heavy atom. The third kappa shape index (κ3) is 2.22. The maximum Gasteiger partial charge on any atom is 0.131 e. The lowest BCUT2D eigenvalue weighted by Gasteiger charge is -2.22. The van der Waals surface area contributed by atoms with E-state index in [2.05, 4.69) is 41.7 Å². The Morgan fingerprint density at radius 2 is 2.00 bits per heavy atom. The molecule has 1 fully saturated rings. The largest absolute Gasteiger partial charge is 0.245 e. The molecular formula is C12H15BrFN. The lowest BCUT2D eigenvalue weighted by Crippen LogP contribution is -2.17. The van der Waals surface area contributed by atoms with Crippen LogP contribution in [0.5, 0.6) is 0 Å². The van der Waals surface area contributed by atoms with Crippen LogP contribution < -0.4 is 0 Å². The summed E-state index contributed by atoms with van der Waals surface area (Å²) in [7, 11) is 0. The zero-order chi connectivity index (χ0) is 11.2. The predicted molar refractivity (Wildman–Crippen MR) is 62.6 cm³/mol. The van der Waals surface area contributed by atoms with E-state index in [0.717, 1.165) is 24.1 Å². The van der Waals surface area contributed by atoms with Crippen molar-refractivity contribution in [3.63, 3.8) is 0 Å². The number of pyridine rings is 1.